The molecule has 9 heteroatoms. The highest BCUT2D eigenvalue weighted by Gasteiger charge is 2.16. The van der Waals surface area contributed by atoms with Crippen molar-refractivity contribution in [2.75, 3.05) is 6.54 Å². The first-order valence-corrected chi connectivity index (χ1v) is 7.20. The van der Waals surface area contributed by atoms with E-state index in [1.165, 1.54) is 5.38 Å². The van der Waals surface area contributed by atoms with E-state index >= 15 is 0 Å². The number of carbonyl (C=O) groups excluding carboxylic acids is 2. The third-order valence-corrected chi connectivity index (χ3v) is 3.35. The Balaban J connectivity index is 2.43. The zero-order valence-electron chi connectivity index (χ0n) is 12.0. The van der Waals surface area contributed by atoms with Crippen LogP contribution in [0.2, 0.25) is 0 Å². The van der Waals surface area contributed by atoms with Crippen LogP contribution in [0.3, 0.4) is 0 Å². The number of nitrogens with zero attached hydrogens (tertiary/aromatic N) is 1. The summed E-state index contributed by atoms with van der Waals surface area (Å²) in [6, 6.07) is -0.962. The van der Waals surface area contributed by atoms with E-state index in [0.29, 0.717) is 5.01 Å². The molecule has 0 aliphatic carbocycles. The minimum absolute atomic E-state index is 0.00560. The molecule has 0 spiro atoms. The van der Waals surface area contributed by atoms with Gasteiger partial charge < -0.3 is 21.1 Å². The monoisotopic (exact) mass is 314 g/mol. The maximum atomic E-state index is 11.6. The van der Waals surface area contributed by atoms with Crippen LogP contribution in [0.1, 0.15) is 42.3 Å². The number of rotatable bonds is 6. The molecule has 4 N–H and O–H groups in total. The number of thiazole rings is 1. The van der Waals surface area contributed by atoms with Gasteiger partial charge in [-0.1, -0.05) is 0 Å². The van der Waals surface area contributed by atoms with E-state index in [4.69, 9.17) is 5.11 Å². The second-order valence-corrected chi connectivity index (χ2v) is 5.54. The van der Waals surface area contributed by atoms with Crippen LogP contribution in [-0.2, 0) is 4.79 Å². The molecule has 0 saturated carbocycles. The summed E-state index contributed by atoms with van der Waals surface area (Å²) in [5, 5.41) is 18.3. The topological polar surface area (TPSA) is 120 Å². The highest BCUT2D eigenvalue weighted by atomic mass is 32.1. The van der Waals surface area contributed by atoms with Crippen LogP contribution in [0.5, 0.6) is 0 Å². The smallest absolute Gasteiger partial charge is 0.355 e. The molecule has 1 atom stereocenters. The van der Waals surface area contributed by atoms with Gasteiger partial charge in [0.2, 0.25) is 5.91 Å². The van der Waals surface area contributed by atoms with E-state index < -0.39 is 18.0 Å². The first-order valence-electron chi connectivity index (χ1n) is 6.32. The number of carboxylic acids is 1. The lowest BCUT2D eigenvalue weighted by Crippen LogP contribution is -2.44. The molecule has 0 radical (unpaired) electrons. The molecule has 1 aromatic rings. The number of carboxylic acid groups (broad SMARTS) is 1. The number of hydrogen-bond acceptors (Lipinski definition) is 5. The van der Waals surface area contributed by atoms with Gasteiger partial charge in [0.25, 0.3) is 0 Å². The third kappa shape index (κ3) is 5.78. The lowest BCUT2D eigenvalue weighted by atomic mass is 10.3. The van der Waals surface area contributed by atoms with Crippen molar-refractivity contribution in [1.29, 1.82) is 0 Å². The Bertz CT molecular complexity index is 529. The van der Waals surface area contributed by atoms with E-state index in [-0.39, 0.29) is 24.2 Å². The van der Waals surface area contributed by atoms with E-state index in [2.05, 4.69) is 20.9 Å². The quantitative estimate of drug-likeness (QED) is 0.617. The minimum atomic E-state index is -1.11. The second kappa shape index (κ2) is 7.58. The van der Waals surface area contributed by atoms with Gasteiger partial charge in [-0.25, -0.2) is 14.6 Å². The summed E-state index contributed by atoms with van der Waals surface area (Å²) >= 11 is 1.15. The van der Waals surface area contributed by atoms with Gasteiger partial charge in [-0.2, -0.15) is 0 Å². The zero-order valence-corrected chi connectivity index (χ0v) is 12.8. The van der Waals surface area contributed by atoms with Gasteiger partial charge in [0.15, 0.2) is 5.69 Å². The number of amides is 3. The van der Waals surface area contributed by atoms with E-state index in [1.807, 2.05) is 13.8 Å². The zero-order chi connectivity index (χ0) is 16.0. The van der Waals surface area contributed by atoms with Crippen molar-refractivity contribution in [3.05, 3.63) is 16.1 Å². The van der Waals surface area contributed by atoms with Crippen molar-refractivity contribution in [3.8, 4) is 0 Å². The normalized spacial score (nSPS) is 11.8. The van der Waals surface area contributed by atoms with Gasteiger partial charge in [-0.05, 0) is 20.8 Å². The molecule has 116 valence electrons. The average molecular weight is 314 g/mol. The van der Waals surface area contributed by atoms with Crippen molar-refractivity contribution >= 4 is 29.2 Å². The van der Waals surface area contributed by atoms with Crippen molar-refractivity contribution < 1.29 is 19.5 Å². The third-order valence-electron chi connectivity index (χ3n) is 2.32. The van der Waals surface area contributed by atoms with Crippen LogP contribution >= 0.6 is 11.3 Å². The second-order valence-electron chi connectivity index (χ2n) is 4.65. The molecule has 0 aromatic carbocycles. The predicted octanol–water partition coefficient (Wildman–Crippen LogP) is 0.726. The standard InChI is InChI=1S/C12H18N4O4S/c1-6(2)14-9(17)4-13-12(20)15-7(3)10-16-8(5-21-10)11(18)19/h5-7H,4H2,1-3H3,(H,14,17)(H,18,19)(H2,13,15,20). The largest absolute Gasteiger partial charge is 0.476 e. The molecule has 1 rings (SSSR count). The molecule has 1 aromatic heterocycles. The van der Waals surface area contributed by atoms with Gasteiger partial charge >= 0.3 is 12.0 Å². The Morgan fingerprint density at radius 3 is 2.48 bits per heavy atom. The highest BCUT2D eigenvalue weighted by Crippen LogP contribution is 2.17. The Morgan fingerprint density at radius 1 is 1.29 bits per heavy atom. The summed E-state index contributed by atoms with van der Waals surface area (Å²) in [5.74, 6) is -1.39. The molecule has 0 bridgehead atoms. The van der Waals surface area contributed by atoms with Crippen LogP contribution in [0.25, 0.3) is 0 Å². The molecule has 0 saturated heterocycles. The summed E-state index contributed by atoms with van der Waals surface area (Å²) < 4.78 is 0. The van der Waals surface area contributed by atoms with Crippen molar-refractivity contribution in [2.45, 2.75) is 32.9 Å². The first kappa shape index (κ1) is 16.9. The molecule has 0 aliphatic heterocycles. The minimum Gasteiger partial charge on any atom is -0.476 e. The van der Waals surface area contributed by atoms with Crippen LogP contribution in [-0.4, -0.2) is 40.6 Å². The van der Waals surface area contributed by atoms with Crippen molar-refractivity contribution in [2.24, 2.45) is 0 Å². The number of nitrogens with one attached hydrogen (secondary N) is 3. The summed E-state index contributed by atoms with van der Waals surface area (Å²) in [6.45, 7) is 5.19. The predicted molar refractivity (Wildman–Crippen MR) is 77.3 cm³/mol. The van der Waals surface area contributed by atoms with Crippen molar-refractivity contribution in [3.63, 3.8) is 0 Å². The number of aromatic carboxylic acids is 1. The Labute approximate surface area is 126 Å². The van der Waals surface area contributed by atoms with Gasteiger partial charge in [-0.15, -0.1) is 11.3 Å². The summed E-state index contributed by atoms with van der Waals surface area (Å²) in [5.41, 5.74) is -0.0552. The van der Waals surface area contributed by atoms with E-state index in [0.717, 1.165) is 11.3 Å². The lowest BCUT2D eigenvalue weighted by Gasteiger charge is -2.13. The van der Waals surface area contributed by atoms with Gasteiger partial charge in [0, 0.05) is 11.4 Å². The summed E-state index contributed by atoms with van der Waals surface area (Å²) in [4.78, 5) is 37.6. The van der Waals surface area contributed by atoms with Gasteiger partial charge in [-0.3, -0.25) is 4.79 Å². The van der Waals surface area contributed by atoms with Gasteiger partial charge in [0.1, 0.15) is 5.01 Å². The van der Waals surface area contributed by atoms with Crippen LogP contribution in [0, 0.1) is 0 Å². The first-order chi connectivity index (χ1) is 9.79. The van der Waals surface area contributed by atoms with Crippen LogP contribution < -0.4 is 16.0 Å². The molecule has 1 heterocycles. The Hall–Kier alpha value is -2.16. The maximum Gasteiger partial charge on any atom is 0.355 e. The summed E-state index contributed by atoms with van der Waals surface area (Å²) in [7, 11) is 0. The fourth-order valence-corrected chi connectivity index (χ4v) is 2.23. The van der Waals surface area contributed by atoms with E-state index in [9.17, 15) is 14.4 Å². The molecule has 1 unspecified atom stereocenters. The molecule has 8 nitrogen and oxygen atoms in total. The number of hydrogen-bond donors (Lipinski definition) is 4. The fourth-order valence-electron chi connectivity index (χ4n) is 1.43. The number of carbonyl (C=O) groups is 3. The number of urea groups is 1. The molecule has 0 fully saturated rings. The highest BCUT2D eigenvalue weighted by molar-refractivity contribution is 7.09. The van der Waals surface area contributed by atoms with Crippen molar-refractivity contribution in [1.82, 2.24) is 20.9 Å². The Morgan fingerprint density at radius 2 is 1.95 bits per heavy atom. The van der Waals surface area contributed by atoms with Crippen LogP contribution in [0.4, 0.5) is 4.79 Å². The fraction of sp³-hybridized carbons (Fsp3) is 0.500. The van der Waals surface area contributed by atoms with Gasteiger partial charge in [0.05, 0.1) is 12.6 Å². The molecule has 0 aliphatic rings. The number of aromatic nitrogens is 1. The van der Waals surface area contributed by atoms with Crippen LogP contribution in [0.15, 0.2) is 5.38 Å². The van der Waals surface area contributed by atoms with E-state index in [1.54, 1.807) is 6.92 Å². The average Bonchev–Trinajstić information content (AvgIpc) is 2.85. The Kier molecular flexibility index (Phi) is 6.10. The maximum absolute atomic E-state index is 11.6. The molecule has 21 heavy (non-hydrogen) atoms. The molecular formula is C12H18N4O4S. The molecule has 3 amide bonds. The molecular weight excluding hydrogens is 296 g/mol. The summed E-state index contributed by atoms with van der Waals surface area (Å²) in [6.07, 6.45) is 0. The SMILES string of the molecule is CC(C)NC(=O)CNC(=O)NC(C)c1nc(C(=O)O)cs1. The lowest BCUT2D eigenvalue weighted by molar-refractivity contribution is -0.120.